The summed E-state index contributed by atoms with van der Waals surface area (Å²) in [6.07, 6.45) is 6.43. The number of hydrogen-bond donors (Lipinski definition) is 1. The van der Waals surface area contributed by atoms with E-state index in [2.05, 4.69) is 9.98 Å². The molecule has 1 N–H and O–H groups in total. The van der Waals surface area contributed by atoms with Crippen molar-refractivity contribution in [1.29, 1.82) is 0 Å². The van der Waals surface area contributed by atoms with Gasteiger partial charge in [0.15, 0.2) is 11.5 Å². The van der Waals surface area contributed by atoms with E-state index < -0.39 is 0 Å². The van der Waals surface area contributed by atoms with Crippen molar-refractivity contribution in [2.45, 2.75) is 19.9 Å². The Morgan fingerprint density at radius 1 is 1.45 bits per heavy atom. The second-order valence-electron chi connectivity index (χ2n) is 4.48. The molecule has 1 aromatic carbocycles. The van der Waals surface area contributed by atoms with Gasteiger partial charge in [0.1, 0.15) is 0 Å². The van der Waals surface area contributed by atoms with Crippen molar-refractivity contribution >= 4 is 5.71 Å². The SMILES string of the molecule is COc1cccc(/C(C)=N\CCCn2ccnc2)c1O. The van der Waals surface area contributed by atoms with E-state index >= 15 is 0 Å². The highest BCUT2D eigenvalue weighted by atomic mass is 16.5. The normalized spacial score (nSPS) is 11.6. The van der Waals surface area contributed by atoms with Gasteiger partial charge in [-0.1, -0.05) is 6.07 Å². The van der Waals surface area contributed by atoms with E-state index in [0.29, 0.717) is 17.9 Å². The molecule has 20 heavy (non-hydrogen) atoms. The highest BCUT2D eigenvalue weighted by molar-refractivity contribution is 6.01. The molecule has 1 aromatic heterocycles. The van der Waals surface area contributed by atoms with Gasteiger partial charge in [-0.05, 0) is 25.5 Å². The molecule has 5 heteroatoms. The van der Waals surface area contributed by atoms with Crippen LogP contribution < -0.4 is 4.74 Å². The van der Waals surface area contributed by atoms with Crippen LogP contribution in [0.15, 0.2) is 41.9 Å². The first-order chi connectivity index (χ1) is 9.72. The predicted octanol–water partition coefficient (Wildman–Crippen LogP) is 2.50. The average molecular weight is 273 g/mol. The molecule has 0 fully saturated rings. The van der Waals surface area contributed by atoms with Gasteiger partial charge in [0.25, 0.3) is 0 Å². The lowest BCUT2D eigenvalue weighted by atomic mass is 10.1. The van der Waals surface area contributed by atoms with Gasteiger partial charge in [0, 0.05) is 36.8 Å². The molecule has 0 aliphatic rings. The molecule has 0 atom stereocenters. The van der Waals surface area contributed by atoms with E-state index in [0.717, 1.165) is 18.7 Å². The molecule has 0 amide bonds. The molecule has 106 valence electrons. The lowest BCUT2D eigenvalue weighted by Gasteiger charge is -2.08. The monoisotopic (exact) mass is 273 g/mol. The van der Waals surface area contributed by atoms with E-state index in [-0.39, 0.29) is 5.75 Å². The summed E-state index contributed by atoms with van der Waals surface area (Å²) in [5, 5.41) is 10.0. The van der Waals surface area contributed by atoms with Gasteiger partial charge in [0.2, 0.25) is 0 Å². The molecule has 0 aliphatic heterocycles. The fourth-order valence-electron chi connectivity index (χ4n) is 1.98. The van der Waals surface area contributed by atoms with Crippen LogP contribution in [0.1, 0.15) is 18.9 Å². The number of aliphatic imine (C=N–C) groups is 1. The lowest BCUT2D eigenvalue weighted by Crippen LogP contribution is -2.01. The number of methoxy groups -OCH3 is 1. The van der Waals surface area contributed by atoms with Crippen LogP contribution in [-0.2, 0) is 6.54 Å². The highest BCUT2D eigenvalue weighted by Gasteiger charge is 2.09. The maximum atomic E-state index is 10.0. The molecule has 0 radical (unpaired) electrons. The van der Waals surface area contributed by atoms with Crippen LogP contribution >= 0.6 is 0 Å². The van der Waals surface area contributed by atoms with Crippen molar-refractivity contribution in [1.82, 2.24) is 9.55 Å². The highest BCUT2D eigenvalue weighted by Crippen LogP contribution is 2.29. The van der Waals surface area contributed by atoms with Crippen molar-refractivity contribution in [3.05, 3.63) is 42.5 Å². The van der Waals surface area contributed by atoms with Gasteiger partial charge in [-0.15, -0.1) is 0 Å². The minimum Gasteiger partial charge on any atom is -0.504 e. The molecule has 0 saturated carbocycles. The van der Waals surface area contributed by atoms with Crippen molar-refractivity contribution in [2.75, 3.05) is 13.7 Å². The number of phenols is 1. The summed E-state index contributed by atoms with van der Waals surface area (Å²) in [6.45, 7) is 3.49. The quantitative estimate of drug-likeness (QED) is 0.650. The molecule has 2 aromatic rings. The Kier molecular flexibility index (Phi) is 4.76. The molecular weight excluding hydrogens is 254 g/mol. The summed E-state index contributed by atoms with van der Waals surface area (Å²) in [7, 11) is 1.54. The summed E-state index contributed by atoms with van der Waals surface area (Å²) >= 11 is 0. The fourth-order valence-corrected chi connectivity index (χ4v) is 1.98. The van der Waals surface area contributed by atoms with E-state index in [9.17, 15) is 5.11 Å². The molecule has 0 bridgehead atoms. The molecule has 0 unspecified atom stereocenters. The molecule has 1 heterocycles. The zero-order valence-electron chi connectivity index (χ0n) is 11.8. The number of phenolic OH excluding ortho intramolecular Hbond substituents is 1. The van der Waals surface area contributed by atoms with Crippen LogP contribution in [0.5, 0.6) is 11.5 Å². The van der Waals surface area contributed by atoms with Crippen LogP contribution in [0.4, 0.5) is 0 Å². The Labute approximate surface area is 118 Å². The lowest BCUT2D eigenvalue weighted by molar-refractivity contribution is 0.373. The zero-order valence-corrected chi connectivity index (χ0v) is 11.8. The van der Waals surface area contributed by atoms with Gasteiger partial charge in [-0.25, -0.2) is 4.98 Å². The van der Waals surface area contributed by atoms with Crippen LogP contribution in [0, 0.1) is 0 Å². The van der Waals surface area contributed by atoms with Crippen LogP contribution in [0.2, 0.25) is 0 Å². The first kappa shape index (κ1) is 14.1. The summed E-state index contributed by atoms with van der Waals surface area (Å²) in [6, 6.07) is 5.41. The van der Waals surface area contributed by atoms with Gasteiger partial charge in [-0.2, -0.15) is 0 Å². The van der Waals surface area contributed by atoms with E-state index in [1.54, 1.807) is 18.6 Å². The minimum absolute atomic E-state index is 0.144. The number of rotatable bonds is 6. The maximum Gasteiger partial charge on any atom is 0.166 e. The third kappa shape index (κ3) is 3.38. The van der Waals surface area contributed by atoms with Gasteiger partial charge in [0.05, 0.1) is 13.4 Å². The van der Waals surface area contributed by atoms with Crippen molar-refractivity contribution in [3.8, 4) is 11.5 Å². The number of benzene rings is 1. The number of aromatic hydroxyl groups is 1. The molecule has 0 spiro atoms. The van der Waals surface area contributed by atoms with Crippen LogP contribution in [0.25, 0.3) is 0 Å². The first-order valence-electron chi connectivity index (χ1n) is 6.55. The summed E-state index contributed by atoms with van der Waals surface area (Å²) in [4.78, 5) is 8.49. The predicted molar refractivity (Wildman–Crippen MR) is 78.6 cm³/mol. The second kappa shape index (κ2) is 6.75. The summed E-state index contributed by atoms with van der Waals surface area (Å²) < 4.78 is 7.12. The second-order valence-corrected chi connectivity index (χ2v) is 4.48. The molecule has 5 nitrogen and oxygen atoms in total. The standard InChI is InChI=1S/C15H19N3O2/c1-12(13-5-3-6-14(20-2)15(13)19)17-7-4-9-18-10-8-16-11-18/h3,5-6,8,10-11,19H,4,7,9H2,1-2H3/b17-12-. The number of hydrogen-bond acceptors (Lipinski definition) is 4. The molecule has 0 saturated heterocycles. The topological polar surface area (TPSA) is 59.6 Å². The zero-order chi connectivity index (χ0) is 14.4. The van der Waals surface area contributed by atoms with Crippen molar-refractivity contribution in [2.24, 2.45) is 4.99 Å². The summed E-state index contributed by atoms with van der Waals surface area (Å²) in [5.74, 6) is 0.612. The Hall–Kier alpha value is -2.30. The van der Waals surface area contributed by atoms with Gasteiger partial charge >= 0.3 is 0 Å². The van der Waals surface area contributed by atoms with E-state index in [1.807, 2.05) is 29.8 Å². The molecular formula is C15H19N3O2. The number of para-hydroxylation sites is 1. The maximum absolute atomic E-state index is 10.0. The largest absolute Gasteiger partial charge is 0.504 e. The van der Waals surface area contributed by atoms with Crippen LogP contribution in [0.3, 0.4) is 0 Å². The Morgan fingerprint density at radius 2 is 2.30 bits per heavy atom. The fraction of sp³-hybridized carbons (Fsp3) is 0.333. The summed E-state index contributed by atoms with van der Waals surface area (Å²) in [5.41, 5.74) is 1.53. The van der Waals surface area contributed by atoms with Crippen molar-refractivity contribution < 1.29 is 9.84 Å². The number of ether oxygens (including phenoxy) is 1. The van der Waals surface area contributed by atoms with Gasteiger partial charge < -0.3 is 14.4 Å². The number of aromatic nitrogens is 2. The van der Waals surface area contributed by atoms with Crippen LogP contribution in [-0.4, -0.2) is 34.0 Å². The third-order valence-electron chi connectivity index (χ3n) is 3.09. The van der Waals surface area contributed by atoms with Crippen molar-refractivity contribution in [3.63, 3.8) is 0 Å². The Morgan fingerprint density at radius 3 is 3.00 bits per heavy atom. The average Bonchev–Trinajstić information content (AvgIpc) is 2.97. The molecule has 2 rings (SSSR count). The Balaban J connectivity index is 1.96. The number of nitrogens with zero attached hydrogens (tertiary/aromatic N) is 3. The third-order valence-corrected chi connectivity index (χ3v) is 3.09. The molecule has 0 aliphatic carbocycles. The van der Waals surface area contributed by atoms with E-state index in [4.69, 9.17) is 4.74 Å². The van der Waals surface area contributed by atoms with Gasteiger partial charge in [-0.3, -0.25) is 4.99 Å². The smallest absolute Gasteiger partial charge is 0.166 e. The number of aryl methyl sites for hydroxylation is 1. The number of imidazole rings is 1. The van der Waals surface area contributed by atoms with E-state index in [1.165, 1.54) is 7.11 Å². The Bertz CT molecular complexity index is 577. The first-order valence-corrected chi connectivity index (χ1v) is 6.55. The minimum atomic E-state index is 0.144.